The molecule has 1 aliphatic heterocycles. The van der Waals surface area contributed by atoms with Crippen LogP contribution in [0.5, 0.6) is 0 Å². The number of nitrogens with zero attached hydrogens (tertiary/aromatic N) is 4. The van der Waals surface area contributed by atoms with Crippen LogP contribution in [0.1, 0.15) is 29.4 Å². The lowest BCUT2D eigenvalue weighted by Crippen LogP contribution is -2.38. The van der Waals surface area contributed by atoms with E-state index in [1.165, 1.54) is 0 Å². The second-order valence-electron chi connectivity index (χ2n) is 8.43. The maximum Gasteiger partial charge on any atom is 0.274 e. The first-order valence-electron chi connectivity index (χ1n) is 11.3. The van der Waals surface area contributed by atoms with Gasteiger partial charge in [-0.25, -0.2) is 4.98 Å². The van der Waals surface area contributed by atoms with Gasteiger partial charge in [0.05, 0.1) is 12.2 Å². The van der Waals surface area contributed by atoms with Crippen LogP contribution in [-0.4, -0.2) is 57.3 Å². The van der Waals surface area contributed by atoms with Crippen molar-refractivity contribution in [2.75, 3.05) is 26.2 Å². The number of benzene rings is 2. The predicted octanol–water partition coefficient (Wildman–Crippen LogP) is 3.64. The maximum atomic E-state index is 13.5. The Kier molecular flexibility index (Phi) is 6.69. The van der Waals surface area contributed by atoms with Gasteiger partial charge >= 0.3 is 0 Å². The Bertz CT molecular complexity index is 1080. The summed E-state index contributed by atoms with van der Waals surface area (Å²) in [7, 11) is 1.85. The summed E-state index contributed by atoms with van der Waals surface area (Å²) in [6.07, 6.45) is 4.86. The molecular weight excluding hydrogens is 400 g/mol. The second-order valence-corrected chi connectivity index (χ2v) is 8.43. The summed E-state index contributed by atoms with van der Waals surface area (Å²) in [5.74, 6) is -0.272. The van der Waals surface area contributed by atoms with E-state index in [1.807, 2.05) is 42.3 Å². The summed E-state index contributed by atoms with van der Waals surface area (Å²) in [5.41, 5.74) is 3.82. The molecule has 3 aromatic rings. The molecule has 166 valence electrons. The van der Waals surface area contributed by atoms with E-state index in [1.54, 1.807) is 22.0 Å². The highest BCUT2D eigenvalue weighted by molar-refractivity contribution is 5.93. The number of imidazole rings is 1. The third-order valence-electron chi connectivity index (χ3n) is 6.01. The molecule has 0 aliphatic carbocycles. The monoisotopic (exact) mass is 430 g/mol. The van der Waals surface area contributed by atoms with Gasteiger partial charge in [0.1, 0.15) is 5.69 Å². The van der Waals surface area contributed by atoms with E-state index in [9.17, 15) is 9.59 Å². The summed E-state index contributed by atoms with van der Waals surface area (Å²) >= 11 is 0. The van der Waals surface area contributed by atoms with Crippen LogP contribution in [0, 0.1) is 5.92 Å². The quantitative estimate of drug-likeness (QED) is 0.600. The van der Waals surface area contributed by atoms with Crippen molar-refractivity contribution >= 4 is 11.8 Å². The van der Waals surface area contributed by atoms with E-state index in [0.29, 0.717) is 38.3 Å². The number of aryl methyl sites for hydroxylation is 1. The van der Waals surface area contributed by atoms with E-state index >= 15 is 0 Å². The van der Waals surface area contributed by atoms with Gasteiger partial charge in [0, 0.05) is 39.4 Å². The molecule has 1 saturated heterocycles. The minimum Gasteiger partial charge on any atom is -0.341 e. The van der Waals surface area contributed by atoms with Crippen molar-refractivity contribution in [2.24, 2.45) is 13.0 Å². The first-order valence-corrected chi connectivity index (χ1v) is 11.3. The topological polar surface area (TPSA) is 58.4 Å². The van der Waals surface area contributed by atoms with E-state index in [-0.39, 0.29) is 17.7 Å². The number of hydrogen-bond acceptors (Lipinski definition) is 3. The van der Waals surface area contributed by atoms with Crippen molar-refractivity contribution in [1.82, 2.24) is 19.4 Å². The fraction of sp³-hybridized carbons (Fsp3) is 0.346. The largest absolute Gasteiger partial charge is 0.341 e. The molecule has 0 N–H and O–H groups in total. The molecule has 1 aromatic heterocycles. The van der Waals surface area contributed by atoms with E-state index in [4.69, 9.17) is 0 Å². The summed E-state index contributed by atoms with van der Waals surface area (Å²) in [6, 6.07) is 18.5. The van der Waals surface area contributed by atoms with Crippen LogP contribution in [0.2, 0.25) is 0 Å². The molecule has 0 unspecified atom stereocenters. The van der Waals surface area contributed by atoms with Crippen molar-refractivity contribution < 1.29 is 9.59 Å². The Morgan fingerprint density at radius 1 is 1.06 bits per heavy atom. The smallest absolute Gasteiger partial charge is 0.274 e. The maximum absolute atomic E-state index is 13.5. The molecule has 0 bridgehead atoms. The Balaban J connectivity index is 1.63. The van der Waals surface area contributed by atoms with Gasteiger partial charge in [-0.05, 0) is 29.5 Å². The van der Waals surface area contributed by atoms with Gasteiger partial charge in [-0.1, -0.05) is 61.5 Å². The summed E-state index contributed by atoms with van der Waals surface area (Å²) < 4.78 is 1.77. The zero-order valence-electron chi connectivity index (χ0n) is 18.8. The average molecular weight is 431 g/mol. The van der Waals surface area contributed by atoms with Crippen LogP contribution in [0.4, 0.5) is 0 Å². The van der Waals surface area contributed by atoms with Crippen molar-refractivity contribution in [3.05, 3.63) is 78.4 Å². The van der Waals surface area contributed by atoms with E-state index in [2.05, 4.69) is 36.2 Å². The molecule has 6 heteroatoms. The van der Waals surface area contributed by atoms with Crippen LogP contribution in [-0.2, 0) is 18.3 Å². The summed E-state index contributed by atoms with van der Waals surface area (Å²) in [5, 5.41) is 0. The molecule has 2 aromatic carbocycles. The number of carbonyl (C=O) groups is 2. The van der Waals surface area contributed by atoms with Crippen LogP contribution in [0.25, 0.3) is 11.1 Å². The van der Waals surface area contributed by atoms with Gasteiger partial charge < -0.3 is 14.4 Å². The van der Waals surface area contributed by atoms with Gasteiger partial charge in [-0.3, -0.25) is 9.59 Å². The highest BCUT2D eigenvalue weighted by Gasteiger charge is 2.33. The first-order chi connectivity index (χ1) is 15.6. The van der Waals surface area contributed by atoms with E-state index < -0.39 is 0 Å². The Hall–Kier alpha value is -3.41. The van der Waals surface area contributed by atoms with Gasteiger partial charge in [0.25, 0.3) is 5.91 Å². The fourth-order valence-corrected chi connectivity index (χ4v) is 4.42. The molecule has 2 amide bonds. The number of hydrogen-bond donors (Lipinski definition) is 0. The third kappa shape index (κ3) is 4.74. The molecule has 1 fully saturated rings. The fourth-order valence-electron chi connectivity index (χ4n) is 4.42. The molecule has 1 aliphatic rings. The SMILES string of the molecule is CCCN1CCN(C(=O)c2cn(C)cn2)C[C@@H](Cc2ccccc2-c2ccccc2)C1=O. The standard InChI is InChI=1S/C26H30N4O2/c1-3-13-29-14-15-30(26(32)24-18-28(2)19-27-24)17-22(25(29)31)16-21-11-7-8-12-23(21)20-9-5-4-6-10-20/h4-12,18-19,22H,3,13-17H2,1-2H3/t22-/m1/s1. The molecule has 0 radical (unpaired) electrons. The van der Waals surface area contributed by atoms with Crippen molar-refractivity contribution in [3.63, 3.8) is 0 Å². The van der Waals surface area contributed by atoms with Crippen molar-refractivity contribution in [1.29, 1.82) is 0 Å². The Morgan fingerprint density at radius 3 is 2.53 bits per heavy atom. The minimum absolute atomic E-state index is 0.113. The highest BCUT2D eigenvalue weighted by atomic mass is 16.2. The van der Waals surface area contributed by atoms with Crippen molar-refractivity contribution in [2.45, 2.75) is 19.8 Å². The number of amides is 2. The van der Waals surface area contributed by atoms with Gasteiger partial charge in [-0.2, -0.15) is 0 Å². The summed E-state index contributed by atoms with van der Waals surface area (Å²) in [4.78, 5) is 34.6. The van der Waals surface area contributed by atoms with Crippen LogP contribution in [0.15, 0.2) is 67.1 Å². The van der Waals surface area contributed by atoms with Gasteiger partial charge in [0.2, 0.25) is 5.91 Å². The summed E-state index contributed by atoms with van der Waals surface area (Å²) in [6.45, 7) is 4.27. The predicted molar refractivity (Wildman–Crippen MR) is 125 cm³/mol. The molecular formula is C26H30N4O2. The van der Waals surface area contributed by atoms with Gasteiger partial charge in [-0.15, -0.1) is 0 Å². The molecule has 6 nitrogen and oxygen atoms in total. The molecule has 32 heavy (non-hydrogen) atoms. The molecule has 4 rings (SSSR count). The lowest BCUT2D eigenvalue weighted by molar-refractivity contribution is -0.134. The number of rotatable bonds is 6. The normalized spacial score (nSPS) is 16.8. The zero-order chi connectivity index (χ0) is 22.5. The van der Waals surface area contributed by atoms with Crippen LogP contribution < -0.4 is 0 Å². The lowest BCUT2D eigenvalue weighted by atomic mass is 9.91. The number of aromatic nitrogens is 2. The van der Waals surface area contributed by atoms with Crippen LogP contribution in [0.3, 0.4) is 0 Å². The average Bonchev–Trinajstić information content (AvgIpc) is 3.20. The highest BCUT2D eigenvalue weighted by Crippen LogP contribution is 2.27. The first kappa shape index (κ1) is 21.8. The molecule has 0 saturated carbocycles. The minimum atomic E-state index is -0.290. The molecule has 1 atom stereocenters. The Morgan fingerprint density at radius 2 is 1.81 bits per heavy atom. The molecule has 0 spiro atoms. The Labute approximate surface area is 189 Å². The zero-order valence-corrected chi connectivity index (χ0v) is 18.8. The second kappa shape index (κ2) is 9.81. The third-order valence-corrected chi connectivity index (χ3v) is 6.01. The van der Waals surface area contributed by atoms with Gasteiger partial charge in [0.15, 0.2) is 0 Å². The van der Waals surface area contributed by atoms with Crippen molar-refractivity contribution in [3.8, 4) is 11.1 Å². The lowest BCUT2D eigenvalue weighted by Gasteiger charge is -2.24. The molecule has 2 heterocycles. The number of carbonyl (C=O) groups excluding carboxylic acids is 2. The van der Waals surface area contributed by atoms with E-state index in [0.717, 1.165) is 23.1 Å². The van der Waals surface area contributed by atoms with Crippen LogP contribution >= 0.6 is 0 Å².